The molecule has 1 saturated carbocycles. The fourth-order valence-electron chi connectivity index (χ4n) is 4.19. The van der Waals surface area contributed by atoms with E-state index in [9.17, 15) is 14.7 Å². The zero-order chi connectivity index (χ0) is 16.0. The van der Waals surface area contributed by atoms with Crippen molar-refractivity contribution >= 4 is 22.5 Å². The Kier molecular flexibility index (Phi) is 3.40. The first-order chi connectivity index (χ1) is 11.2. The number of rotatable bonds is 1. The van der Waals surface area contributed by atoms with E-state index in [0.29, 0.717) is 22.4 Å². The molecule has 2 aliphatic carbocycles. The number of hydrogen-bond donors (Lipinski definition) is 1. The van der Waals surface area contributed by atoms with Crippen LogP contribution >= 0.6 is 0 Å². The van der Waals surface area contributed by atoms with Gasteiger partial charge in [0.25, 0.3) is 0 Å². The van der Waals surface area contributed by atoms with Crippen LogP contribution in [-0.4, -0.2) is 21.7 Å². The average Bonchev–Trinajstić information content (AvgIpc) is 2.59. The summed E-state index contributed by atoms with van der Waals surface area (Å²) in [7, 11) is 0. The van der Waals surface area contributed by atoms with Crippen LogP contribution in [0.25, 0.3) is 10.9 Å². The molecule has 2 aromatic rings. The molecule has 1 N–H and O–H groups in total. The summed E-state index contributed by atoms with van der Waals surface area (Å²) in [6.45, 7) is 0. The van der Waals surface area contributed by atoms with Gasteiger partial charge < -0.3 is 5.11 Å². The van der Waals surface area contributed by atoms with Crippen molar-refractivity contribution in [3.05, 3.63) is 35.5 Å². The van der Waals surface area contributed by atoms with Gasteiger partial charge in [0, 0.05) is 29.5 Å². The molecule has 1 atom stereocenters. The molecule has 118 valence electrons. The van der Waals surface area contributed by atoms with Crippen LogP contribution in [0.4, 0.5) is 0 Å². The number of benzene rings is 1. The van der Waals surface area contributed by atoms with Crippen LogP contribution in [0.15, 0.2) is 24.4 Å². The van der Waals surface area contributed by atoms with E-state index in [1.807, 2.05) is 6.07 Å². The number of aromatic nitrogens is 1. The lowest BCUT2D eigenvalue weighted by Gasteiger charge is -2.32. The number of pyridine rings is 1. The van der Waals surface area contributed by atoms with Gasteiger partial charge in [0.2, 0.25) is 0 Å². The third-order valence-corrected chi connectivity index (χ3v) is 5.37. The maximum atomic E-state index is 13.0. The van der Waals surface area contributed by atoms with Gasteiger partial charge in [-0.1, -0.05) is 25.3 Å². The molecule has 0 aliphatic heterocycles. The Morgan fingerprint density at radius 2 is 1.91 bits per heavy atom. The molecular weight excluding hydrogens is 290 g/mol. The highest BCUT2D eigenvalue weighted by molar-refractivity contribution is 6.19. The fraction of sp³-hybridized carbons (Fsp3) is 0.421. The van der Waals surface area contributed by atoms with Crippen LogP contribution in [0, 0.1) is 11.8 Å². The Morgan fingerprint density at radius 1 is 1.13 bits per heavy atom. The van der Waals surface area contributed by atoms with E-state index in [-0.39, 0.29) is 35.2 Å². The molecule has 0 unspecified atom stereocenters. The van der Waals surface area contributed by atoms with Crippen LogP contribution in [0.1, 0.15) is 59.2 Å². The highest BCUT2D eigenvalue weighted by Crippen LogP contribution is 2.41. The van der Waals surface area contributed by atoms with E-state index in [0.717, 1.165) is 25.7 Å². The van der Waals surface area contributed by atoms with E-state index >= 15 is 0 Å². The van der Waals surface area contributed by atoms with Crippen LogP contribution in [0.2, 0.25) is 0 Å². The maximum Gasteiger partial charge on any atom is 0.168 e. The predicted molar refractivity (Wildman–Crippen MR) is 86.8 cm³/mol. The summed E-state index contributed by atoms with van der Waals surface area (Å²) in [4.78, 5) is 29.7. The van der Waals surface area contributed by atoms with Crippen molar-refractivity contribution in [3.63, 3.8) is 0 Å². The number of carbonyl (C=O) groups is 2. The second kappa shape index (κ2) is 5.44. The van der Waals surface area contributed by atoms with E-state index in [4.69, 9.17) is 0 Å². The number of nitrogens with zero attached hydrogens (tertiary/aromatic N) is 1. The molecule has 0 amide bonds. The number of carbonyl (C=O) groups excluding carboxylic acids is 2. The molecule has 0 saturated heterocycles. The summed E-state index contributed by atoms with van der Waals surface area (Å²) in [5.74, 6) is -0.157. The Hall–Kier alpha value is -2.23. The first-order valence-corrected chi connectivity index (χ1v) is 8.35. The Balaban J connectivity index is 1.83. The quantitative estimate of drug-likeness (QED) is 0.867. The normalized spacial score (nSPS) is 22.3. The lowest BCUT2D eigenvalue weighted by atomic mass is 9.70. The second-order valence-corrected chi connectivity index (χ2v) is 6.72. The van der Waals surface area contributed by atoms with Gasteiger partial charge in [-0.15, -0.1) is 0 Å². The van der Waals surface area contributed by atoms with Crippen LogP contribution < -0.4 is 0 Å². The molecule has 4 heteroatoms. The van der Waals surface area contributed by atoms with Crippen LogP contribution in [-0.2, 0) is 0 Å². The van der Waals surface area contributed by atoms with Gasteiger partial charge in [-0.25, -0.2) is 0 Å². The number of fused-ring (bicyclic) bond motifs is 2. The van der Waals surface area contributed by atoms with Crippen molar-refractivity contribution in [3.8, 4) is 5.75 Å². The minimum absolute atomic E-state index is 0.0209. The molecular formula is C19H19NO3. The topological polar surface area (TPSA) is 67.3 Å². The number of ketones is 2. The van der Waals surface area contributed by atoms with Crippen molar-refractivity contribution in [1.29, 1.82) is 0 Å². The van der Waals surface area contributed by atoms with Gasteiger partial charge in [0.05, 0.1) is 5.56 Å². The van der Waals surface area contributed by atoms with Crippen LogP contribution in [0.5, 0.6) is 5.75 Å². The summed E-state index contributed by atoms with van der Waals surface area (Å²) in [6.07, 6.45) is 7.36. The largest absolute Gasteiger partial charge is 0.505 e. The van der Waals surface area contributed by atoms with Crippen molar-refractivity contribution in [2.45, 2.75) is 38.5 Å². The average molecular weight is 309 g/mol. The summed E-state index contributed by atoms with van der Waals surface area (Å²) < 4.78 is 0. The van der Waals surface area contributed by atoms with E-state index < -0.39 is 0 Å². The maximum absolute atomic E-state index is 13.0. The molecule has 1 fully saturated rings. The fourth-order valence-corrected chi connectivity index (χ4v) is 4.19. The van der Waals surface area contributed by atoms with Crippen molar-refractivity contribution in [2.24, 2.45) is 11.8 Å². The molecule has 23 heavy (non-hydrogen) atoms. The third-order valence-electron chi connectivity index (χ3n) is 5.37. The molecule has 0 bridgehead atoms. The molecule has 4 nitrogen and oxygen atoms in total. The lowest BCUT2D eigenvalue weighted by Crippen LogP contribution is -2.33. The SMILES string of the molecule is O=C1C[C@@H](C2CCCCC2)C(=O)c2cc3cccnc3c(O)c21. The van der Waals surface area contributed by atoms with Gasteiger partial charge in [0.1, 0.15) is 5.52 Å². The van der Waals surface area contributed by atoms with Gasteiger partial charge >= 0.3 is 0 Å². The van der Waals surface area contributed by atoms with Gasteiger partial charge in [-0.2, -0.15) is 0 Å². The number of aromatic hydroxyl groups is 1. The summed E-state index contributed by atoms with van der Waals surface area (Å²) in [6, 6.07) is 5.30. The monoisotopic (exact) mass is 309 g/mol. The number of hydrogen-bond acceptors (Lipinski definition) is 4. The van der Waals surface area contributed by atoms with E-state index in [1.165, 1.54) is 6.42 Å². The van der Waals surface area contributed by atoms with Crippen molar-refractivity contribution in [2.75, 3.05) is 0 Å². The van der Waals surface area contributed by atoms with Gasteiger partial charge in [-0.05, 0) is 30.9 Å². The second-order valence-electron chi connectivity index (χ2n) is 6.72. The van der Waals surface area contributed by atoms with Crippen molar-refractivity contribution < 1.29 is 14.7 Å². The third kappa shape index (κ3) is 2.24. The standard InChI is InChI=1S/C19H19NO3/c21-15-10-13(11-5-2-1-3-6-11)18(22)14-9-12-7-4-8-20-17(12)19(23)16(14)15/h4,7-9,11,13,23H,1-3,5-6,10H2/t13-/m0/s1. The molecule has 0 spiro atoms. The van der Waals surface area contributed by atoms with Gasteiger partial charge in [0.15, 0.2) is 17.3 Å². The number of Topliss-reactive ketones (excluding diaryl/α,β-unsaturated/α-hetero) is 2. The molecule has 1 heterocycles. The number of phenols is 1. The highest BCUT2D eigenvalue weighted by Gasteiger charge is 2.39. The molecule has 0 radical (unpaired) electrons. The molecule has 1 aromatic carbocycles. The van der Waals surface area contributed by atoms with E-state index in [2.05, 4.69) is 4.98 Å². The summed E-state index contributed by atoms with van der Waals surface area (Å²) in [5.41, 5.74) is 0.951. The molecule has 2 aliphatic rings. The van der Waals surface area contributed by atoms with Gasteiger partial charge in [-0.3, -0.25) is 14.6 Å². The highest BCUT2D eigenvalue weighted by atomic mass is 16.3. The van der Waals surface area contributed by atoms with Crippen LogP contribution in [0.3, 0.4) is 0 Å². The number of phenolic OH excluding ortho intramolecular Hbond substituents is 1. The first kappa shape index (κ1) is 14.4. The smallest absolute Gasteiger partial charge is 0.168 e. The summed E-state index contributed by atoms with van der Waals surface area (Å²) in [5, 5.41) is 11.1. The molecule has 1 aromatic heterocycles. The minimum atomic E-state index is -0.219. The minimum Gasteiger partial charge on any atom is -0.505 e. The zero-order valence-corrected chi connectivity index (χ0v) is 12.9. The lowest BCUT2D eigenvalue weighted by molar-refractivity contribution is 0.0745. The molecule has 4 rings (SSSR count). The predicted octanol–water partition coefficient (Wildman–Crippen LogP) is 3.91. The zero-order valence-electron chi connectivity index (χ0n) is 12.9. The first-order valence-electron chi connectivity index (χ1n) is 8.35. The van der Waals surface area contributed by atoms with E-state index in [1.54, 1.807) is 18.3 Å². The Morgan fingerprint density at radius 3 is 2.70 bits per heavy atom. The summed E-state index contributed by atoms with van der Waals surface area (Å²) >= 11 is 0. The Bertz CT molecular complexity index is 806. The Labute approximate surface area is 134 Å². The van der Waals surface area contributed by atoms with Crippen molar-refractivity contribution in [1.82, 2.24) is 4.98 Å².